The van der Waals surface area contributed by atoms with Crippen LogP contribution >= 0.6 is 11.3 Å². The average molecular weight is 242 g/mol. The molecule has 1 rings (SSSR count). The van der Waals surface area contributed by atoms with Crippen LogP contribution in [0.1, 0.15) is 43.8 Å². The number of hydrogen-bond acceptors (Lipinski definition) is 4. The van der Waals surface area contributed by atoms with Gasteiger partial charge in [-0.15, -0.1) is 11.3 Å². The molecule has 1 aromatic heterocycles. The van der Waals surface area contributed by atoms with Crippen molar-refractivity contribution in [2.24, 2.45) is 0 Å². The van der Waals surface area contributed by atoms with Gasteiger partial charge in [0.05, 0.1) is 23.9 Å². The fourth-order valence-corrected chi connectivity index (χ4v) is 2.10. The minimum atomic E-state index is 0.518. The lowest BCUT2D eigenvalue weighted by atomic mass is 10.2. The largest absolute Gasteiger partial charge is 0.374 e. The molecule has 92 valence electrons. The molecule has 0 unspecified atom stereocenters. The van der Waals surface area contributed by atoms with E-state index in [0.29, 0.717) is 12.5 Å². The molecule has 0 radical (unpaired) electrons. The highest BCUT2D eigenvalue weighted by Crippen LogP contribution is 2.19. The molecule has 4 heteroatoms. The van der Waals surface area contributed by atoms with Gasteiger partial charge in [0.15, 0.2) is 0 Å². The van der Waals surface area contributed by atoms with Crippen LogP contribution in [0.15, 0.2) is 5.38 Å². The number of aromatic nitrogens is 1. The van der Waals surface area contributed by atoms with E-state index in [9.17, 15) is 0 Å². The molecule has 0 fully saturated rings. The minimum absolute atomic E-state index is 0.518. The van der Waals surface area contributed by atoms with E-state index in [4.69, 9.17) is 4.74 Å². The molecule has 0 aliphatic rings. The minimum Gasteiger partial charge on any atom is -0.374 e. The molecule has 1 N–H and O–H groups in total. The van der Waals surface area contributed by atoms with E-state index in [1.807, 2.05) is 0 Å². The third-order valence-corrected chi connectivity index (χ3v) is 3.36. The molecule has 0 bridgehead atoms. The van der Waals surface area contributed by atoms with E-state index in [1.54, 1.807) is 11.3 Å². The van der Waals surface area contributed by atoms with Crippen molar-refractivity contribution >= 4 is 11.3 Å². The number of hydrogen-bond donors (Lipinski definition) is 1. The second-order valence-corrected chi connectivity index (χ2v) is 5.02. The molecule has 1 aromatic rings. The average Bonchev–Trinajstić information content (AvgIpc) is 2.72. The van der Waals surface area contributed by atoms with Gasteiger partial charge < -0.3 is 10.1 Å². The van der Waals surface area contributed by atoms with Crippen LogP contribution in [0.4, 0.5) is 0 Å². The van der Waals surface area contributed by atoms with Gasteiger partial charge in [-0.3, -0.25) is 0 Å². The molecule has 16 heavy (non-hydrogen) atoms. The highest BCUT2D eigenvalue weighted by atomic mass is 32.1. The Morgan fingerprint density at radius 2 is 2.25 bits per heavy atom. The lowest BCUT2D eigenvalue weighted by Crippen LogP contribution is -2.20. The zero-order valence-electron chi connectivity index (χ0n) is 10.5. The number of nitrogens with one attached hydrogen (secondary N) is 1. The Labute approximate surface area is 102 Å². The Morgan fingerprint density at radius 1 is 1.44 bits per heavy atom. The van der Waals surface area contributed by atoms with Crippen LogP contribution < -0.4 is 5.32 Å². The molecule has 0 aliphatic carbocycles. The first-order chi connectivity index (χ1) is 7.74. The van der Waals surface area contributed by atoms with E-state index in [1.165, 1.54) is 11.4 Å². The fourth-order valence-electron chi connectivity index (χ4n) is 1.28. The normalized spacial score (nSPS) is 11.2. The summed E-state index contributed by atoms with van der Waals surface area (Å²) in [4.78, 5) is 4.52. The van der Waals surface area contributed by atoms with Crippen LogP contribution in [0.2, 0.25) is 0 Å². The van der Waals surface area contributed by atoms with Gasteiger partial charge in [0, 0.05) is 17.8 Å². The number of rotatable bonds is 8. The second-order valence-electron chi connectivity index (χ2n) is 4.13. The lowest BCUT2D eigenvalue weighted by molar-refractivity contribution is 0.120. The summed E-state index contributed by atoms with van der Waals surface area (Å²) in [6, 6.07) is 0. The zero-order chi connectivity index (χ0) is 11.8. The second kappa shape index (κ2) is 7.76. The maximum absolute atomic E-state index is 5.54. The first kappa shape index (κ1) is 13.6. The molecule has 0 amide bonds. The molecular formula is C12H22N2OS. The van der Waals surface area contributed by atoms with Gasteiger partial charge in [-0.05, 0) is 13.0 Å². The Bertz CT molecular complexity index is 286. The summed E-state index contributed by atoms with van der Waals surface area (Å²) in [5, 5.41) is 6.59. The molecule has 0 spiro atoms. The standard InChI is InChI=1S/C12H22N2OS/c1-4-5-13-6-7-15-8-11-9-16-12(14-11)10(2)3/h9-10,13H,4-8H2,1-3H3. The summed E-state index contributed by atoms with van der Waals surface area (Å²) in [5.41, 5.74) is 1.06. The summed E-state index contributed by atoms with van der Waals surface area (Å²) in [7, 11) is 0. The SMILES string of the molecule is CCCNCCOCc1csc(C(C)C)n1. The van der Waals surface area contributed by atoms with Crippen molar-refractivity contribution < 1.29 is 4.74 Å². The van der Waals surface area contributed by atoms with Crippen molar-refractivity contribution in [2.45, 2.75) is 39.7 Å². The zero-order valence-corrected chi connectivity index (χ0v) is 11.3. The first-order valence-corrected chi connectivity index (χ1v) is 6.84. The summed E-state index contributed by atoms with van der Waals surface area (Å²) in [5.74, 6) is 0.518. The topological polar surface area (TPSA) is 34.1 Å². The summed E-state index contributed by atoms with van der Waals surface area (Å²) < 4.78 is 5.54. The molecule has 0 aromatic carbocycles. The van der Waals surface area contributed by atoms with Crippen LogP contribution in [0.5, 0.6) is 0 Å². The van der Waals surface area contributed by atoms with E-state index in [2.05, 4.69) is 36.5 Å². The molecule has 1 heterocycles. The monoisotopic (exact) mass is 242 g/mol. The third kappa shape index (κ3) is 5.05. The molecule has 0 saturated heterocycles. The van der Waals surface area contributed by atoms with Crippen LogP contribution in [0.3, 0.4) is 0 Å². The van der Waals surface area contributed by atoms with E-state index >= 15 is 0 Å². The third-order valence-electron chi connectivity index (χ3n) is 2.16. The maximum atomic E-state index is 5.54. The van der Waals surface area contributed by atoms with E-state index in [-0.39, 0.29) is 0 Å². The van der Waals surface area contributed by atoms with Gasteiger partial charge in [-0.25, -0.2) is 4.98 Å². The highest BCUT2D eigenvalue weighted by molar-refractivity contribution is 7.09. The van der Waals surface area contributed by atoms with Gasteiger partial charge in [0.25, 0.3) is 0 Å². The van der Waals surface area contributed by atoms with Crippen molar-refractivity contribution in [1.82, 2.24) is 10.3 Å². The maximum Gasteiger partial charge on any atom is 0.0954 e. The Morgan fingerprint density at radius 3 is 2.88 bits per heavy atom. The molecular weight excluding hydrogens is 220 g/mol. The van der Waals surface area contributed by atoms with E-state index < -0.39 is 0 Å². The number of nitrogens with zero attached hydrogens (tertiary/aromatic N) is 1. The summed E-state index contributed by atoms with van der Waals surface area (Å²) in [6.07, 6.45) is 1.17. The van der Waals surface area contributed by atoms with Crippen LogP contribution in [0.25, 0.3) is 0 Å². The van der Waals surface area contributed by atoms with E-state index in [0.717, 1.165) is 25.4 Å². The van der Waals surface area contributed by atoms with Crippen LogP contribution in [-0.2, 0) is 11.3 Å². The molecule has 0 atom stereocenters. The van der Waals surface area contributed by atoms with Crippen molar-refractivity contribution in [3.05, 3.63) is 16.1 Å². The Balaban J connectivity index is 2.12. The van der Waals surface area contributed by atoms with Gasteiger partial charge in [0.1, 0.15) is 0 Å². The quantitative estimate of drug-likeness (QED) is 0.712. The molecule has 3 nitrogen and oxygen atoms in total. The fraction of sp³-hybridized carbons (Fsp3) is 0.750. The van der Waals surface area contributed by atoms with Gasteiger partial charge in [-0.2, -0.15) is 0 Å². The van der Waals surface area contributed by atoms with Crippen molar-refractivity contribution in [1.29, 1.82) is 0 Å². The smallest absolute Gasteiger partial charge is 0.0954 e. The van der Waals surface area contributed by atoms with Crippen molar-refractivity contribution in [3.8, 4) is 0 Å². The van der Waals surface area contributed by atoms with Gasteiger partial charge >= 0.3 is 0 Å². The number of thiazole rings is 1. The van der Waals surface area contributed by atoms with Crippen molar-refractivity contribution in [3.63, 3.8) is 0 Å². The molecule has 0 saturated carbocycles. The summed E-state index contributed by atoms with van der Waals surface area (Å²) in [6.45, 7) is 9.88. The highest BCUT2D eigenvalue weighted by Gasteiger charge is 2.05. The van der Waals surface area contributed by atoms with Crippen LogP contribution in [-0.4, -0.2) is 24.7 Å². The Hall–Kier alpha value is -0.450. The first-order valence-electron chi connectivity index (χ1n) is 5.96. The predicted molar refractivity (Wildman–Crippen MR) is 69.0 cm³/mol. The van der Waals surface area contributed by atoms with Crippen molar-refractivity contribution in [2.75, 3.05) is 19.7 Å². The molecule has 0 aliphatic heterocycles. The van der Waals surface area contributed by atoms with Gasteiger partial charge in [-0.1, -0.05) is 20.8 Å². The summed E-state index contributed by atoms with van der Waals surface area (Å²) >= 11 is 1.72. The van der Waals surface area contributed by atoms with Gasteiger partial charge in [0.2, 0.25) is 0 Å². The number of ether oxygens (including phenoxy) is 1. The predicted octanol–water partition coefficient (Wildman–Crippen LogP) is 2.78. The lowest BCUT2D eigenvalue weighted by Gasteiger charge is -2.03. The van der Waals surface area contributed by atoms with Crippen LogP contribution in [0, 0.1) is 0 Å². The Kier molecular flexibility index (Phi) is 6.61.